The summed E-state index contributed by atoms with van der Waals surface area (Å²) >= 11 is 0. The molecule has 4 aromatic rings. The molecule has 0 aliphatic carbocycles. The Morgan fingerprint density at radius 2 is 1.82 bits per heavy atom. The number of nitrogens with two attached hydrogens (primary N) is 1. The molecular formula is C26H22FN3O4. The van der Waals surface area contributed by atoms with Crippen LogP contribution in [-0.4, -0.2) is 25.7 Å². The maximum absolute atomic E-state index is 14.0. The molecule has 0 atom stereocenters. The summed E-state index contributed by atoms with van der Waals surface area (Å²) in [5.74, 6) is 1.14. The second-order valence-corrected chi connectivity index (χ2v) is 7.71. The highest BCUT2D eigenvalue weighted by molar-refractivity contribution is 5.93. The molecule has 3 N–H and O–H groups in total. The number of para-hydroxylation sites is 2. The summed E-state index contributed by atoms with van der Waals surface area (Å²) in [5.41, 5.74) is 7.67. The highest BCUT2D eigenvalue weighted by atomic mass is 19.1. The standard InChI is InChI=1S/C26H22FN3O4/c27-17-6-7-18-21(29-19-3-1-2-4-20(19)30-26(31)9-10-28)15-23(34-24(18)14-17)16-5-8-22-25(13-16)33-12-11-32-22/h1-8,13-15H,9-12,28H2,(H,30,31). The molecular weight excluding hydrogens is 437 g/mol. The number of carbonyl (C=O) groups excluding carboxylic acids is 1. The van der Waals surface area contributed by atoms with Gasteiger partial charge < -0.3 is 24.9 Å². The lowest BCUT2D eigenvalue weighted by Gasteiger charge is -2.18. The SMILES string of the molecule is NCCC(=O)Nc1ccccc1N=c1cc(-c2ccc3c(c2)OCCO3)oc2cc(F)ccc12. The third kappa shape index (κ3) is 4.49. The molecule has 8 heteroatoms. The van der Waals surface area contributed by atoms with E-state index in [0.29, 0.717) is 58.2 Å². The molecule has 1 aromatic heterocycles. The van der Waals surface area contributed by atoms with E-state index in [9.17, 15) is 9.18 Å². The molecule has 1 aliphatic rings. The van der Waals surface area contributed by atoms with E-state index in [1.807, 2.05) is 30.3 Å². The topological polar surface area (TPSA) is 99.1 Å². The lowest BCUT2D eigenvalue weighted by atomic mass is 10.1. The van der Waals surface area contributed by atoms with Crippen LogP contribution in [0.1, 0.15) is 6.42 Å². The first-order valence-corrected chi connectivity index (χ1v) is 10.9. The summed E-state index contributed by atoms with van der Waals surface area (Å²) in [6.07, 6.45) is 0.203. The molecule has 7 nitrogen and oxygen atoms in total. The van der Waals surface area contributed by atoms with Crippen molar-refractivity contribution in [2.24, 2.45) is 10.7 Å². The van der Waals surface area contributed by atoms with Crippen LogP contribution in [0.2, 0.25) is 0 Å². The molecule has 172 valence electrons. The third-order valence-electron chi connectivity index (χ3n) is 5.32. The first-order chi connectivity index (χ1) is 16.6. The van der Waals surface area contributed by atoms with Gasteiger partial charge in [-0.1, -0.05) is 12.1 Å². The number of nitrogens with zero attached hydrogens (tertiary/aromatic N) is 1. The van der Waals surface area contributed by atoms with Gasteiger partial charge >= 0.3 is 0 Å². The largest absolute Gasteiger partial charge is 0.486 e. The quantitative estimate of drug-likeness (QED) is 0.457. The number of ether oxygens (including phenoxy) is 2. The number of carbonyl (C=O) groups is 1. The average Bonchev–Trinajstić information content (AvgIpc) is 2.84. The van der Waals surface area contributed by atoms with Crippen LogP contribution in [0.15, 0.2) is 76.1 Å². The van der Waals surface area contributed by atoms with Gasteiger partial charge in [0.2, 0.25) is 5.91 Å². The maximum Gasteiger partial charge on any atom is 0.225 e. The molecule has 3 aromatic carbocycles. The van der Waals surface area contributed by atoms with Crippen LogP contribution >= 0.6 is 0 Å². The molecule has 0 saturated heterocycles. The second kappa shape index (κ2) is 9.36. The van der Waals surface area contributed by atoms with Gasteiger partial charge in [-0.25, -0.2) is 9.38 Å². The fourth-order valence-electron chi connectivity index (χ4n) is 3.72. The molecule has 1 amide bonds. The Bertz CT molecular complexity index is 1450. The van der Waals surface area contributed by atoms with E-state index in [0.717, 1.165) is 5.56 Å². The van der Waals surface area contributed by atoms with Gasteiger partial charge in [0, 0.05) is 36.0 Å². The molecule has 1 aliphatic heterocycles. The Morgan fingerprint density at radius 3 is 2.68 bits per heavy atom. The predicted molar refractivity (Wildman–Crippen MR) is 127 cm³/mol. The minimum absolute atomic E-state index is 0.197. The first kappa shape index (κ1) is 21.7. The fraction of sp³-hybridized carbons (Fsp3) is 0.154. The van der Waals surface area contributed by atoms with Gasteiger partial charge in [0.25, 0.3) is 0 Å². The summed E-state index contributed by atoms with van der Waals surface area (Å²) in [5, 5.41) is 4.03. The Labute approximate surface area is 194 Å². The van der Waals surface area contributed by atoms with E-state index in [1.165, 1.54) is 12.1 Å². The molecule has 2 heterocycles. The van der Waals surface area contributed by atoms with E-state index < -0.39 is 5.82 Å². The zero-order valence-corrected chi connectivity index (χ0v) is 18.2. The third-order valence-corrected chi connectivity index (χ3v) is 5.32. The van der Waals surface area contributed by atoms with Crippen LogP contribution in [-0.2, 0) is 4.79 Å². The number of amides is 1. The van der Waals surface area contributed by atoms with Gasteiger partial charge in [0.15, 0.2) is 11.5 Å². The van der Waals surface area contributed by atoms with Crippen LogP contribution in [0.4, 0.5) is 15.8 Å². The molecule has 0 fully saturated rings. The number of benzene rings is 3. The number of nitrogens with one attached hydrogen (secondary N) is 1. The number of anilines is 1. The number of hydrogen-bond donors (Lipinski definition) is 2. The van der Waals surface area contributed by atoms with Crippen molar-refractivity contribution in [3.8, 4) is 22.8 Å². The number of halogens is 1. The summed E-state index contributed by atoms with van der Waals surface area (Å²) < 4.78 is 31.4. The normalized spacial score (nSPS) is 13.2. The highest BCUT2D eigenvalue weighted by Crippen LogP contribution is 2.35. The highest BCUT2D eigenvalue weighted by Gasteiger charge is 2.15. The molecule has 0 bridgehead atoms. The van der Waals surface area contributed by atoms with Gasteiger partial charge in [-0.3, -0.25) is 4.79 Å². The molecule has 5 rings (SSSR count). The smallest absolute Gasteiger partial charge is 0.225 e. The van der Waals surface area contributed by atoms with Gasteiger partial charge in [-0.2, -0.15) is 0 Å². The monoisotopic (exact) mass is 459 g/mol. The molecule has 0 unspecified atom stereocenters. The van der Waals surface area contributed by atoms with Crippen LogP contribution in [0.3, 0.4) is 0 Å². The van der Waals surface area contributed by atoms with Crippen molar-refractivity contribution in [2.75, 3.05) is 25.1 Å². The lowest BCUT2D eigenvalue weighted by Crippen LogP contribution is -2.16. The van der Waals surface area contributed by atoms with Crippen molar-refractivity contribution < 1.29 is 23.1 Å². The molecule has 34 heavy (non-hydrogen) atoms. The summed E-state index contributed by atoms with van der Waals surface area (Å²) in [6.45, 7) is 1.21. The summed E-state index contributed by atoms with van der Waals surface area (Å²) in [6, 6.07) is 18.8. The van der Waals surface area contributed by atoms with E-state index in [-0.39, 0.29) is 18.9 Å². The summed E-state index contributed by atoms with van der Waals surface area (Å²) in [7, 11) is 0. The van der Waals surface area contributed by atoms with Crippen molar-refractivity contribution in [3.05, 3.63) is 77.9 Å². The van der Waals surface area contributed by atoms with Crippen molar-refractivity contribution in [1.82, 2.24) is 0 Å². The zero-order chi connectivity index (χ0) is 23.5. The van der Waals surface area contributed by atoms with Crippen molar-refractivity contribution in [3.63, 3.8) is 0 Å². The maximum atomic E-state index is 14.0. The average molecular weight is 459 g/mol. The second-order valence-electron chi connectivity index (χ2n) is 7.71. The predicted octanol–water partition coefficient (Wildman–Crippen LogP) is 4.53. The number of fused-ring (bicyclic) bond motifs is 2. The lowest BCUT2D eigenvalue weighted by molar-refractivity contribution is -0.116. The van der Waals surface area contributed by atoms with Gasteiger partial charge in [-0.15, -0.1) is 0 Å². The Hall–Kier alpha value is -4.17. The van der Waals surface area contributed by atoms with Crippen molar-refractivity contribution in [2.45, 2.75) is 6.42 Å². The zero-order valence-electron chi connectivity index (χ0n) is 18.2. The van der Waals surface area contributed by atoms with E-state index in [1.54, 1.807) is 24.3 Å². The molecule has 0 radical (unpaired) electrons. The number of rotatable bonds is 5. The van der Waals surface area contributed by atoms with E-state index >= 15 is 0 Å². The first-order valence-electron chi connectivity index (χ1n) is 10.9. The summed E-state index contributed by atoms with van der Waals surface area (Å²) in [4.78, 5) is 16.9. The van der Waals surface area contributed by atoms with Crippen LogP contribution in [0.25, 0.3) is 22.3 Å². The van der Waals surface area contributed by atoms with Gasteiger partial charge in [0.1, 0.15) is 30.4 Å². The minimum atomic E-state index is -0.420. The molecule has 0 saturated carbocycles. The Balaban J connectivity index is 1.66. The Morgan fingerprint density at radius 1 is 1.00 bits per heavy atom. The van der Waals surface area contributed by atoms with Crippen molar-refractivity contribution >= 4 is 28.3 Å². The van der Waals surface area contributed by atoms with Crippen LogP contribution in [0.5, 0.6) is 11.5 Å². The van der Waals surface area contributed by atoms with Gasteiger partial charge in [-0.05, 0) is 42.5 Å². The van der Waals surface area contributed by atoms with Crippen LogP contribution in [0, 0.1) is 5.82 Å². The number of hydrogen-bond acceptors (Lipinski definition) is 6. The van der Waals surface area contributed by atoms with E-state index in [2.05, 4.69) is 5.32 Å². The van der Waals surface area contributed by atoms with Crippen LogP contribution < -0.4 is 25.9 Å². The molecule has 0 spiro atoms. The van der Waals surface area contributed by atoms with E-state index in [4.69, 9.17) is 24.6 Å². The Kier molecular flexibility index (Phi) is 5.97. The van der Waals surface area contributed by atoms with Crippen molar-refractivity contribution in [1.29, 1.82) is 0 Å². The minimum Gasteiger partial charge on any atom is -0.486 e. The van der Waals surface area contributed by atoms with Gasteiger partial charge in [0.05, 0.1) is 16.7 Å². The fourth-order valence-corrected chi connectivity index (χ4v) is 3.72.